The molecule has 1 aromatic heterocycles. The number of hydrogen-bond acceptors (Lipinski definition) is 3. The molecule has 0 aliphatic carbocycles. The first-order valence-corrected chi connectivity index (χ1v) is 4.07. The van der Waals surface area contributed by atoms with Gasteiger partial charge in [0.05, 0.1) is 12.1 Å². The Bertz CT molecular complexity index is 398. The number of pyridine rings is 1. The Kier molecular flexibility index (Phi) is 3.52. The van der Waals surface area contributed by atoms with Gasteiger partial charge in [-0.3, -0.25) is 4.98 Å². The molecule has 7 heteroatoms. The fourth-order valence-electron chi connectivity index (χ4n) is 0.941. The summed E-state index contributed by atoms with van der Waals surface area (Å²) in [5.41, 5.74) is -1.91. The van der Waals surface area contributed by atoms with E-state index in [9.17, 15) is 18.0 Å². The average molecular weight is 240 g/mol. The van der Waals surface area contributed by atoms with Crippen LogP contribution in [0.3, 0.4) is 0 Å². The molecule has 0 aliphatic heterocycles. The normalized spacial score (nSPS) is 10.5. The molecule has 1 aromatic rings. The standard InChI is InChI=1S/C8H5ClF3NO2/c1-15-8(14)4-5(10)3(9)2-13-6(4)7(11)12/h2,7H,1H3. The van der Waals surface area contributed by atoms with Crippen molar-refractivity contribution in [3.05, 3.63) is 28.3 Å². The molecule has 0 amide bonds. The van der Waals surface area contributed by atoms with Crippen LogP contribution in [-0.4, -0.2) is 18.1 Å². The van der Waals surface area contributed by atoms with Gasteiger partial charge in [0.1, 0.15) is 11.3 Å². The second kappa shape index (κ2) is 4.48. The molecule has 0 atom stereocenters. The zero-order valence-electron chi connectivity index (χ0n) is 7.43. The Morgan fingerprint density at radius 2 is 2.20 bits per heavy atom. The number of carbonyl (C=O) groups excluding carboxylic acids is 1. The number of halogens is 4. The summed E-state index contributed by atoms with van der Waals surface area (Å²) < 4.78 is 42.1. The molecule has 0 fully saturated rings. The largest absolute Gasteiger partial charge is 0.465 e. The van der Waals surface area contributed by atoms with E-state index >= 15 is 0 Å². The molecule has 1 rings (SSSR count). The SMILES string of the molecule is COC(=O)c1c(C(F)F)ncc(Cl)c1F. The molecular formula is C8H5ClF3NO2. The van der Waals surface area contributed by atoms with Crippen molar-refractivity contribution in [1.29, 1.82) is 0 Å². The van der Waals surface area contributed by atoms with E-state index in [-0.39, 0.29) is 0 Å². The number of hydrogen-bond donors (Lipinski definition) is 0. The molecule has 3 nitrogen and oxygen atoms in total. The molecular weight excluding hydrogens is 235 g/mol. The molecule has 0 saturated heterocycles. The van der Waals surface area contributed by atoms with E-state index in [4.69, 9.17) is 11.6 Å². The van der Waals surface area contributed by atoms with Crippen LogP contribution in [0.15, 0.2) is 6.20 Å². The first kappa shape index (κ1) is 11.8. The van der Waals surface area contributed by atoms with Crippen LogP contribution in [-0.2, 0) is 4.74 Å². The number of nitrogens with zero attached hydrogens (tertiary/aromatic N) is 1. The highest BCUT2D eigenvalue weighted by atomic mass is 35.5. The predicted octanol–water partition coefficient (Wildman–Crippen LogP) is 2.60. The Hall–Kier alpha value is -1.30. The lowest BCUT2D eigenvalue weighted by molar-refractivity contribution is 0.0581. The molecule has 0 unspecified atom stereocenters. The van der Waals surface area contributed by atoms with Crippen LogP contribution >= 0.6 is 11.6 Å². The van der Waals surface area contributed by atoms with Gasteiger partial charge in [0.2, 0.25) is 0 Å². The van der Waals surface area contributed by atoms with Gasteiger partial charge in [-0.05, 0) is 0 Å². The van der Waals surface area contributed by atoms with Gasteiger partial charge in [0, 0.05) is 6.20 Å². The van der Waals surface area contributed by atoms with E-state index in [1.807, 2.05) is 0 Å². The third kappa shape index (κ3) is 2.20. The van der Waals surface area contributed by atoms with Gasteiger partial charge in [-0.15, -0.1) is 0 Å². The van der Waals surface area contributed by atoms with Crippen LogP contribution < -0.4 is 0 Å². The summed E-state index contributed by atoms with van der Waals surface area (Å²) >= 11 is 5.30. The number of alkyl halides is 2. The quantitative estimate of drug-likeness (QED) is 0.745. The van der Waals surface area contributed by atoms with E-state index in [0.717, 1.165) is 7.11 Å². The molecule has 82 valence electrons. The Labute approximate surface area is 87.8 Å². The highest BCUT2D eigenvalue weighted by Crippen LogP contribution is 2.27. The number of ether oxygens (including phenoxy) is 1. The van der Waals surface area contributed by atoms with Gasteiger partial charge < -0.3 is 4.74 Å². The maximum atomic E-state index is 13.3. The lowest BCUT2D eigenvalue weighted by Gasteiger charge is -2.07. The summed E-state index contributed by atoms with van der Waals surface area (Å²) in [4.78, 5) is 14.2. The molecule has 0 bridgehead atoms. The van der Waals surface area contributed by atoms with Gasteiger partial charge in [-0.1, -0.05) is 11.6 Å². The zero-order valence-corrected chi connectivity index (χ0v) is 8.19. The van der Waals surface area contributed by atoms with Crippen molar-refractivity contribution in [2.24, 2.45) is 0 Å². The van der Waals surface area contributed by atoms with Crippen LogP contribution in [0.2, 0.25) is 5.02 Å². The molecule has 0 N–H and O–H groups in total. The smallest absolute Gasteiger partial charge is 0.343 e. The van der Waals surface area contributed by atoms with Crippen LogP contribution in [0.5, 0.6) is 0 Å². The Balaban J connectivity index is 3.41. The third-order valence-corrected chi connectivity index (χ3v) is 1.86. The minimum Gasteiger partial charge on any atom is -0.465 e. The molecule has 0 saturated carbocycles. The van der Waals surface area contributed by atoms with Crippen LogP contribution in [0.25, 0.3) is 0 Å². The van der Waals surface area contributed by atoms with Gasteiger partial charge in [-0.2, -0.15) is 0 Å². The van der Waals surface area contributed by atoms with E-state index in [0.29, 0.717) is 6.20 Å². The minimum absolute atomic E-state index is 0.514. The molecule has 15 heavy (non-hydrogen) atoms. The van der Waals surface area contributed by atoms with Gasteiger partial charge in [0.25, 0.3) is 6.43 Å². The maximum absolute atomic E-state index is 13.3. The highest BCUT2D eigenvalue weighted by Gasteiger charge is 2.26. The van der Waals surface area contributed by atoms with Crippen LogP contribution in [0, 0.1) is 5.82 Å². The monoisotopic (exact) mass is 239 g/mol. The Morgan fingerprint density at radius 1 is 1.60 bits per heavy atom. The lowest BCUT2D eigenvalue weighted by atomic mass is 10.2. The van der Waals surface area contributed by atoms with Crippen LogP contribution in [0.4, 0.5) is 13.2 Å². The molecule has 0 radical (unpaired) electrons. The number of methoxy groups -OCH3 is 1. The van der Waals surface area contributed by atoms with Gasteiger partial charge in [0.15, 0.2) is 5.82 Å². The highest BCUT2D eigenvalue weighted by molar-refractivity contribution is 6.31. The fourth-order valence-corrected chi connectivity index (χ4v) is 1.08. The van der Waals surface area contributed by atoms with E-state index < -0.39 is 34.5 Å². The van der Waals surface area contributed by atoms with Crippen molar-refractivity contribution in [3.63, 3.8) is 0 Å². The predicted molar refractivity (Wildman–Crippen MR) is 45.5 cm³/mol. The zero-order chi connectivity index (χ0) is 11.6. The van der Waals surface area contributed by atoms with Gasteiger partial charge in [-0.25, -0.2) is 18.0 Å². The van der Waals surface area contributed by atoms with Crippen molar-refractivity contribution >= 4 is 17.6 Å². The topological polar surface area (TPSA) is 39.2 Å². The van der Waals surface area contributed by atoms with E-state index in [1.165, 1.54) is 0 Å². The summed E-state index contributed by atoms with van der Waals surface area (Å²) in [6.45, 7) is 0. The van der Waals surface area contributed by atoms with Crippen molar-refractivity contribution < 1.29 is 22.7 Å². The summed E-state index contributed by atoms with van der Waals surface area (Å²) in [7, 11) is 0.942. The van der Waals surface area contributed by atoms with Crippen molar-refractivity contribution in [2.45, 2.75) is 6.43 Å². The first-order chi connectivity index (χ1) is 6.99. The Morgan fingerprint density at radius 3 is 2.67 bits per heavy atom. The number of aromatic nitrogens is 1. The van der Waals surface area contributed by atoms with Crippen molar-refractivity contribution in [2.75, 3.05) is 7.11 Å². The molecule has 1 heterocycles. The first-order valence-electron chi connectivity index (χ1n) is 3.69. The summed E-state index contributed by atoms with van der Waals surface area (Å²) in [6, 6.07) is 0. The summed E-state index contributed by atoms with van der Waals surface area (Å²) in [6.07, 6.45) is -2.36. The van der Waals surface area contributed by atoms with Crippen LogP contribution in [0.1, 0.15) is 22.5 Å². The second-order valence-electron chi connectivity index (χ2n) is 2.47. The average Bonchev–Trinajstić information content (AvgIpc) is 2.20. The second-order valence-corrected chi connectivity index (χ2v) is 2.88. The third-order valence-electron chi connectivity index (χ3n) is 1.60. The summed E-state index contributed by atoms with van der Waals surface area (Å²) in [5.74, 6) is -2.49. The fraction of sp³-hybridized carbons (Fsp3) is 0.250. The number of rotatable bonds is 2. The molecule has 0 aliphatic rings. The maximum Gasteiger partial charge on any atom is 0.343 e. The van der Waals surface area contributed by atoms with Gasteiger partial charge >= 0.3 is 5.97 Å². The summed E-state index contributed by atoms with van der Waals surface area (Å²) in [5, 5.41) is -0.514. The van der Waals surface area contributed by atoms with E-state index in [1.54, 1.807) is 0 Å². The molecule has 0 spiro atoms. The molecule has 0 aromatic carbocycles. The number of esters is 1. The van der Waals surface area contributed by atoms with Crippen molar-refractivity contribution in [3.8, 4) is 0 Å². The number of carbonyl (C=O) groups is 1. The van der Waals surface area contributed by atoms with E-state index in [2.05, 4.69) is 9.72 Å². The minimum atomic E-state index is -3.08. The van der Waals surface area contributed by atoms with Crippen molar-refractivity contribution in [1.82, 2.24) is 4.98 Å². The lowest BCUT2D eigenvalue weighted by Crippen LogP contribution is -2.11.